The van der Waals surface area contributed by atoms with E-state index in [2.05, 4.69) is 54.0 Å². The van der Waals surface area contributed by atoms with Crippen LogP contribution in [0.5, 0.6) is 0 Å². The lowest BCUT2D eigenvalue weighted by Crippen LogP contribution is -2.56. The van der Waals surface area contributed by atoms with Crippen molar-refractivity contribution in [2.24, 2.45) is 5.73 Å². The van der Waals surface area contributed by atoms with E-state index in [0.29, 0.717) is 6.04 Å². The van der Waals surface area contributed by atoms with Crippen molar-refractivity contribution >= 4 is 0 Å². The molecule has 3 nitrogen and oxygen atoms in total. The summed E-state index contributed by atoms with van der Waals surface area (Å²) in [6.45, 7) is 8.69. The summed E-state index contributed by atoms with van der Waals surface area (Å²) >= 11 is 0. The van der Waals surface area contributed by atoms with Crippen molar-refractivity contribution in [3.8, 4) is 0 Å². The first kappa shape index (κ1) is 12.6. The van der Waals surface area contributed by atoms with Crippen LogP contribution in [0.15, 0.2) is 30.3 Å². The molecule has 2 atom stereocenters. The summed E-state index contributed by atoms with van der Waals surface area (Å²) in [4.78, 5) is 4.89. The Labute approximate surface area is 104 Å². The van der Waals surface area contributed by atoms with E-state index in [-0.39, 0.29) is 6.17 Å². The summed E-state index contributed by atoms with van der Waals surface area (Å²) in [7, 11) is 0. The first-order chi connectivity index (χ1) is 8.16. The number of piperazine rings is 1. The van der Waals surface area contributed by atoms with Crippen molar-refractivity contribution in [3.63, 3.8) is 0 Å². The van der Waals surface area contributed by atoms with Crippen molar-refractivity contribution < 1.29 is 0 Å². The topological polar surface area (TPSA) is 32.5 Å². The molecule has 3 heteroatoms. The van der Waals surface area contributed by atoms with E-state index in [4.69, 9.17) is 5.73 Å². The van der Waals surface area contributed by atoms with Crippen molar-refractivity contribution in [2.45, 2.75) is 32.6 Å². The van der Waals surface area contributed by atoms with Gasteiger partial charge >= 0.3 is 0 Å². The van der Waals surface area contributed by atoms with Gasteiger partial charge in [-0.15, -0.1) is 0 Å². The highest BCUT2D eigenvalue weighted by atomic mass is 15.3. The van der Waals surface area contributed by atoms with Crippen LogP contribution in [0.25, 0.3) is 0 Å². The normalized spacial score (nSPS) is 24.8. The molecule has 1 aliphatic heterocycles. The van der Waals surface area contributed by atoms with Gasteiger partial charge in [0.2, 0.25) is 0 Å². The zero-order chi connectivity index (χ0) is 12.3. The second kappa shape index (κ2) is 5.63. The van der Waals surface area contributed by atoms with Crippen LogP contribution in [0.2, 0.25) is 0 Å². The standard InChI is InChI=1S/C14H23N3/c1-12-10-16(8-9-17(12)13(2)15)11-14-6-4-3-5-7-14/h3-7,12-13H,8-11,15H2,1-2H3. The van der Waals surface area contributed by atoms with Crippen LogP contribution in [0.4, 0.5) is 0 Å². The maximum absolute atomic E-state index is 5.96. The highest BCUT2D eigenvalue weighted by Gasteiger charge is 2.25. The average molecular weight is 233 g/mol. The molecule has 94 valence electrons. The Morgan fingerprint density at radius 1 is 1.29 bits per heavy atom. The first-order valence-corrected chi connectivity index (χ1v) is 6.44. The smallest absolute Gasteiger partial charge is 0.0546 e. The van der Waals surface area contributed by atoms with Crippen molar-refractivity contribution in [1.29, 1.82) is 0 Å². The fourth-order valence-corrected chi connectivity index (χ4v) is 2.64. The van der Waals surface area contributed by atoms with Crippen LogP contribution in [-0.4, -0.2) is 41.6 Å². The third kappa shape index (κ3) is 3.28. The minimum atomic E-state index is 0.170. The van der Waals surface area contributed by atoms with Crippen LogP contribution >= 0.6 is 0 Å². The predicted molar refractivity (Wildman–Crippen MR) is 71.5 cm³/mol. The molecule has 1 fully saturated rings. The van der Waals surface area contributed by atoms with Gasteiger partial charge in [0.1, 0.15) is 0 Å². The Morgan fingerprint density at radius 3 is 2.59 bits per heavy atom. The predicted octanol–water partition coefficient (Wildman–Crippen LogP) is 1.50. The molecule has 1 heterocycles. The molecule has 0 aliphatic carbocycles. The van der Waals surface area contributed by atoms with Crippen LogP contribution in [-0.2, 0) is 6.54 Å². The van der Waals surface area contributed by atoms with Crippen LogP contribution in [0.3, 0.4) is 0 Å². The fourth-order valence-electron chi connectivity index (χ4n) is 2.64. The number of nitrogens with zero attached hydrogens (tertiary/aromatic N) is 2. The molecule has 0 amide bonds. The van der Waals surface area contributed by atoms with Gasteiger partial charge in [0.25, 0.3) is 0 Å². The van der Waals surface area contributed by atoms with E-state index in [0.717, 1.165) is 26.2 Å². The van der Waals surface area contributed by atoms with Gasteiger partial charge in [-0.1, -0.05) is 30.3 Å². The van der Waals surface area contributed by atoms with Gasteiger partial charge in [-0.2, -0.15) is 0 Å². The lowest BCUT2D eigenvalue weighted by atomic mass is 10.1. The molecule has 1 aromatic carbocycles. The van der Waals surface area contributed by atoms with Gasteiger partial charge in [0.15, 0.2) is 0 Å². The van der Waals surface area contributed by atoms with Crippen LogP contribution in [0.1, 0.15) is 19.4 Å². The molecule has 2 unspecified atom stereocenters. The largest absolute Gasteiger partial charge is 0.316 e. The lowest BCUT2D eigenvalue weighted by Gasteiger charge is -2.41. The van der Waals surface area contributed by atoms with Crippen molar-refractivity contribution in [1.82, 2.24) is 9.80 Å². The van der Waals surface area contributed by atoms with Crippen LogP contribution < -0.4 is 5.73 Å². The fraction of sp³-hybridized carbons (Fsp3) is 0.571. The molecular formula is C14H23N3. The van der Waals surface area contributed by atoms with Crippen molar-refractivity contribution in [2.75, 3.05) is 19.6 Å². The van der Waals surface area contributed by atoms with Gasteiger partial charge in [-0.25, -0.2) is 0 Å². The molecule has 1 saturated heterocycles. The molecule has 0 bridgehead atoms. The Kier molecular flexibility index (Phi) is 4.15. The molecule has 2 N–H and O–H groups in total. The van der Waals surface area contributed by atoms with Crippen LogP contribution in [0, 0.1) is 0 Å². The van der Waals surface area contributed by atoms with Gasteiger partial charge in [0.05, 0.1) is 6.17 Å². The molecule has 17 heavy (non-hydrogen) atoms. The first-order valence-electron chi connectivity index (χ1n) is 6.44. The Balaban J connectivity index is 1.90. The maximum Gasteiger partial charge on any atom is 0.0546 e. The Bertz CT molecular complexity index is 337. The summed E-state index contributed by atoms with van der Waals surface area (Å²) in [6.07, 6.45) is 0.170. The zero-order valence-corrected chi connectivity index (χ0v) is 10.8. The van der Waals surface area contributed by atoms with Gasteiger partial charge < -0.3 is 5.73 Å². The average Bonchev–Trinajstić information content (AvgIpc) is 2.30. The number of nitrogens with two attached hydrogens (primary N) is 1. The minimum Gasteiger partial charge on any atom is -0.316 e. The number of hydrogen-bond acceptors (Lipinski definition) is 3. The summed E-state index contributed by atoms with van der Waals surface area (Å²) < 4.78 is 0. The van der Waals surface area contributed by atoms with E-state index in [1.165, 1.54) is 5.56 Å². The maximum atomic E-state index is 5.96. The molecule has 1 aromatic rings. The van der Waals surface area contributed by atoms with E-state index in [1.807, 2.05) is 0 Å². The lowest BCUT2D eigenvalue weighted by molar-refractivity contribution is 0.0528. The molecule has 0 spiro atoms. The van der Waals surface area contributed by atoms with E-state index >= 15 is 0 Å². The molecular weight excluding hydrogens is 210 g/mol. The summed E-state index contributed by atoms with van der Waals surface area (Å²) in [5.41, 5.74) is 7.36. The second-order valence-electron chi connectivity index (χ2n) is 5.05. The summed E-state index contributed by atoms with van der Waals surface area (Å²) in [5.74, 6) is 0. The molecule has 0 aromatic heterocycles. The van der Waals surface area contributed by atoms with Gasteiger partial charge in [-0.05, 0) is 19.4 Å². The zero-order valence-electron chi connectivity index (χ0n) is 10.8. The third-order valence-electron chi connectivity index (χ3n) is 3.54. The second-order valence-corrected chi connectivity index (χ2v) is 5.05. The van der Waals surface area contributed by atoms with E-state index < -0.39 is 0 Å². The monoisotopic (exact) mass is 233 g/mol. The number of benzene rings is 1. The summed E-state index contributed by atoms with van der Waals surface area (Å²) in [5, 5.41) is 0. The highest BCUT2D eigenvalue weighted by Crippen LogP contribution is 2.13. The highest BCUT2D eigenvalue weighted by molar-refractivity contribution is 5.14. The minimum absolute atomic E-state index is 0.170. The number of rotatable bonds is 3. The number of hydrogen-bond donors (Lipinski definition) is 1. The van der Waals surface area contributed by atoms with Gasteiger partial charge in [0, 0.05) is 32.2 Å². The third-order valence-corrected chi connectivity index (χ3v) is 3.54. The SMILES string of the molecule is CC(N)N1CCN(Cc2ccccc2)CC1C. The molecule has 2 rings (SSSR count). The molecule has 0 saturated carbocycles. The summed E-state index contributed by atoms with van der Waals surface area (Å²) in [6, 6.07) is 11.2. The Hall–Kier alpha value is -0.900. The van der Waals surface area contributed by atoms with Gasteiger partial charge in [-0.3, -0.25) is 9.80 Å². The van der Waals surface area contributed by atoms with Crippen molar-refractivity contribution in [3.05, 3.63) is 35.9 Å². The van der Waals surface area contributed by atoms with E-state index in [9.17, 15) is 0 Å². The Morgan fingerprint density at radius 2 is 2.00 bits per heavy atom. The van der Waals surface area contributed by atoms with E-state index in [1.54, 1.807) is 0 Å². The molecule has 1 aliphatic rings. The quantitative estimate of drug-likeness (QED) is 0.858. The molecule has 0 radical (unpaired) electrons.